The van der Waals surface area contributed by atoms with Gasteiger partial charge in [0.05, 0.1) is 16.6 Å². The maximum atomic E-state index is 11.2. The summed E-state index contributed by atoms with van der Waals surface area (Å²) in [6.07, 6.45) is 0.219. The van der Waals surface area contributed by atoms with Gasteiger partial charge in [-0.3, -0.25) is 4.79 Å². The van der Waals surface area contributed by atoms with Gasteiger partial charge in [-0.2, -0.15) is 0 Å². The SMILES string of the molecule is CC(C)(CC(N)=O)n1c(=S)[nH]c2cc(Cl)ccc21. The maximum absolute atomic E-state index is 11.2. The van der Waals surface area contributed by atoms with Crippen molar-refractivity contribution in [3.05, 3.63) is 28.0 Å². The zero-order valence-electron chi connectivity index (χ0n) is 10.2. The number of carbonyl (C=O) groups excluding carboxylic acids is 1. The molecule has 18 heavy (non-hydrogen) atoms. The van der Waals surface area contributed by atoms with Crippen molar-refractivity contribution in [1.82, 2.24) is 9.55 Å². The third kappa shape index (κ3) is 2.28. The van der Waals surface area contributed by atoms with Gasteiger partial charge in [0.15, 0.2) is 4.77 Å². The number of aromatic amines is 1. The molecule has 1 aromatic carbocycles. The van der Waals surface area contributed by atoms with Crippen molar-refractivity contribution < 1.29 is 4.79 Å². The van der Waals surface area contributed by atoms with Gasteiger partial charge < -0.3 is 15.3 Å². The topological polar surface area (TPSA) is 63.8 Å². The summed E-state index contributed by atoms with van der Waals surface area (Å²) >= 11 is 11.3. The van der Waals surface area contributed by atoms with Gasteiger partial charge in [-0.15, -0.1) is 0 Å². The Balaban J connectivity index is 2.67. The van der Waals surface area contributed by atoms with Crippen LogP contribution in [0.1, 0.15) is 20.3 Å². The molecular weight excluding hydrogens is 270 g/mol. The molecule has 0 radical (unpaired) electrons. The fraction of sp³-hybridized carbons (Fsp3) is 0.333. The number of carbonyl (C=O) groups is 1. The van der Waals surface area contributed by atoms with E-state index in [9.17, 15) is 4.79 Å². The standard InChI is InChI=1S/C12H14ClN3OS/c1-12(2,6-10(14)17)16-9-4-3-7(13)5-8(9)15-11(16)18/h3-5H,6H2,1-2H3,(H2,14,17)(H,15,18). The van der Waals surface area contributed by atoms with Crippen LogP contribution in [0.3, 0.4) is 0 Å². The molecular formula is C12H14ClN3OS. The Kier molecular flexibility index (Phi) is 3.21. The van der Waals surface area contributed by atoms with Gasteiger partial charge in [0.1, 0.15) is 0 Å². The number of benzene rings is 1. The van der Waals surface area contributed by atoms with Crippen molar-refractivity contribution in [2.24, 2.45) is 5.73 Å². The molecule has 1 heterocycles. The van der Waals surface area contributed by atoms with E-state index in [0.29, 0.717) is 9.79 Å². The highest BCUT2D eigenvalue weighted by atomic mass is 35.5. The van der Waals surface area contributed by atoms with Gasteiger partial charge >= 0.3 is 0 Å². The zero-order valence-corrected chi connectivity index (χ0v) is 11.7. The number of hydrogen-bond donors (Lipinski definition) is 2. The number of H-pyrrole nitrogens is 1. The predicted molar refractivity (Wildman–Crippen MR) is 75.3 cm³/mol. The summed E-state index contributed by atoms with van der Waals surface area (Å²) in [5.74, 6) is -0.356. The quantitative estimate of drug-likeness (QED) is 0.851. The van der Waals surface area contributed by atoms with Gasteiger partial charge in [0, 0.05) is 11.4 Å². The highest BCUT2D eigenvalue weighted by Crippen LogP contribution is 2.27. The first kappa shape index (κ1) is 13.1. The number of nitrogens with one attached hydrogen (secondary N) is 1. The highest BCUT2D eigenvalue weighted by Gasteiger charge is 2.25. The largest absolute Gasteiger partial charge is 0.370 e. The lowest BCUT2D eigenvalue weighted by atomic mass is 10.00. The van der Waals surface area contributed by atoms with Crippen molar-refractivity contribution >= 4 is 40.8 Å². The summed E-state index contributed by atoms with van der Waals surface area (Å²) in [6.45, 7) is 3.85. The Bertz CT molecular complexity index is 672. The van der Waals surface area contributed by atoms with Crippen LogP contribution in [0.15, 0.2) is 18.2 Å². The van der Waals surface area contributed by atoms with E-state index in [-0.39, 0.29) is 12.3 Å². The van der Waals surface area contributed by atoms with E-state index in [1.807, 2.05) is 30.5 Å². The van der Waals surface area contributed by atoms with Crippen LogP contribution >= 0.6 is 23.8 Å². The zero-order chi connectivity index (χ0) is 13.5. The van der Waals surface area contributed by atoms with Crippen molar-refractivity contribution in [3.63, 3.8) is 0 Å². The Morgan fingerprint density at radius 1 is 1.56 bits per heavy atom. The first-order valence-electron chi connectivity index (χ1n) is 5.50. The summed E-state index contributed by atoms with van der Waals surface area (Å²) in [5, 5.41) is 0.638. The van der Waals surface area contributed by atoms with E-state index in [0.717, 1.165) is 11.0 Å². The lowest BCUT2D eigenvalue weighted by Crippen LogP contribution is -2.32. The molecule has 0 aliphatic carbocycles. The number of halogens is 1. The second-order valence-electron chi connectivity index (χ2n) is 4.88. The van der Waals surface area contributed by atoms with Crippen molar-refractivity contribution in [2.45, 2.75) is 25.8 Å². The van der Waals surface area contributed by atoms with Crippen molar-refractivity contribution in [1.29, 1.82) is 0 Å². The number of amides is 1. The molecule has 96 valence electrons. The van der Waals surface area contributed by atoms with E-state index in [1.54, 1.807) is 6.07 Å². The molecule has 1 amide bonds. The van der Waals surface area contributed by atoms with E-state index in [2.05, 4.69) is 4.98 Å². The number of nitrogens with two attached hydrogens (primary N) is 1. The number of hydrogen-bond acceptors (Lipinski definition) is 2. The molecule has 0 aliphatic rings. The predicted octanol–water partition coefficient (Wildman–Crippen LogP) is 2.96. The third-order valence-electron chi connectivity index (χ3n) is 2.86. The molecule has 2 rings (SSSR count). The molecule has 4 nitrogen and oxygen atoms in total. The smallest absolute Gasteiger partial charge is 0.219 e. The summed E-state index contributed by atoms with van der Waals surface area (Å²) in [4.78, 5) is 14.2. The van der Waals surface area contributed by atoms with Crippen LogP contribution in [0.25, 0.3) is 11.0 Å². The molecule has 0 fully saturated rings. The fourth-order valence-electron chi connectivity index (χ4n) is 2.19. The monoisotopic (exact) mass is 283 g/mol. The molecule has 3 N–H and O–H groups in total. The minimum absolute atomic E-state index is 0.219. The molecule has 2 aromatic rings. The van der Waals surface area contributed by atoms with Crippen molar-refractivity contribution in [2.75, 3.05) is 0 Å². The molecule has 0 bridgehead atoms. The number of nitrogens with zero attached hydrogens (tertiary/aromatic N) is 1. The Labute approximate surface area is 115 Å². The average molecular weight is 284 g/mol. The number of imidazole rings is 1. The lowest BCUT2D eigenvalue weighted by molar-refractivity contribution is -0.119. The first-order chi connectivity index (χ1) is 8.31. The van der Waals surface area contributed by atoms with Crippen LogP contribution in [0, 0.1) is 4.77 Å². The lowest BCUT2D eigenvalue weighted by Gasteiger charge is -2.26. The first-order valence-corrected chi connectivity index (χ1v) is 6.29. The van der Waals surface area contributed by atoms with Gasteiger partial charge in [0.2, 0.25) is 5.91 Å². The number of aromatic nitrogens is 2. The van der Waals surface area contributed by atoms with E-state index in [1.165, 1.54) is 0 Å². The second kappa shape index (κ2) is 4.40. The van der Waals surface area contributed by atoms with E-state index >= 15 is 0 Å². The summed E-state index contributed by atoms with van der Waals surface area (Å²) in [7, 11) is 0. The molecule has 6 heteroatoms. The minimum atomic E-state index is -0.477. The van der Waals surface area contributed by atoms with Crippen LogP contribution in [0.2, 0.25) is 5.02 Å². The van der Waals surface area contributed by atoms with Crippen LogP contribution in [-0.4, -0.2) is 15.5 Å². The fourth-order valence-corrected chi connectivity index (χ4v) is 2.82. The molecule has 0 unspecified atom stereocenters. The van der Waals surface area contributed by atoms with Gasteiger partial charge in [-0.1, -0.05) is 11.6 Å². The van der Waals surface area contributed by atoms with E-state index < -0.39 is 5.54 Å². The third-order valence-corrected chi connectivity index (χ3v) is 3.38. The number of rotatable bonds is 3. The molecule has 0 spiro atoms. The second-order valence-corrected chi connectivity index (χ2v) is 5.71. The van der Waals surface area contributed by atoms with E-state index in [4.69, 9.17) is 29.6 Å². The van der Waals surface area contributed by atoms with Crippen molar-refractivity contribution in [3.8, 4) is 0 Å². The average Bonchev–Trinajstić information content (AvgIpc) is 2.51. The minimum Gasteiger partial charge on any atom is -0.370 e. The Morgan fingerprint density at radius 2 is 2.22 bits per heavy atom. The maximum Gasteiger partial charge on any atom is 0.219 e. The van der Waals surface area contributed by atoms with Gasteiger partial charge in [0.25, 0.3) is 0 Å². The molecule has 0 saturated carbocycles. The molecule has 1 aromatic heterocycles. The highest BCUT2D eigenvalue weighted by molar-refractivity contribution is 7.71. The molecule has 0 atom stereocenters. The molecule has 0 saturated heterocycles. The Morgan fingerprint density at radius 3 is 2.83 bits per heavy atom. The van der Waals surface area contributed by atoms with Crippen LogP contribution < -0.4 is 5.73 Å². The van der Waals surface area contributed by atoms with Crippen LogP contribution in [-0.2, 0) is 10.3 Å². The normalized spacial score (nSPS) is 11.9. The van der Waals surface area contributed by atoms with Gasteiger partial charge in [-0.25, -0.2) is 0 Å². The van der Waals surface area contributed by atoms with Gasteiger partial charge in [-0.05, 0) is 44.3 Å². The summed E-state index contributed by atoms with van der Waals surface area (Å²) < 4.78 is 2.46. The molecule has 0 aliphatic heterocycles. The number of primary amides is 1. The number of fused-ring (bicyclic) bond motifs is 1. The van der Waals surface area contributed by atoms with Crippen LogP contribution in [0.5, 0.6) is 0 Å². The Hall–Kier alpha value is -1.33. The van der Waals surface area contributed by atoms with Crippen LogP contribution in [0.4, 0.5) is 0 Å². The summed E-state index contributed by atoms with van der Waals surface area (Å²) in [6, 6.07) is 5.49. The summed E-state index contributed by atoms with van der Waals surface area (Å²) in [5.41, 5.74) is 6.57.